The van der Waals surface area contributed by atoms with E-state index in [9.17, 15) is 4.79 Å². The van der Waals surface area contributed by atoms with Crippen LogP contribution in [0.5, 0.6) is 0 Å². The summed E-state index contributed by atoms with van der Waals surface area (Å²) >= 11 is 1.87. The quantitative estimate of drug-likeness (QED) is 0.214. The van der Waals surface area contributed by atoms with Crippen LogP contribution in [0.2, 0.25) is 0 Å². The molecule has 4 aromatic rings. The number of anilines is 4. The van der Waals surface area contributed by atoms with E-state index < -0.39 is 0 Å². The molecule has 40 heavy (non-hydrogen) atoms. The molecule has 1 aliphatic carbocycles. The summed E-state index contributed by atoms with van der Waals surface area (Å²) in [6.45, 7) is 12.4. The Bertz CT molecular complexity index is 1540. The van der Waals surface area contributed by atoms with E-state index in [0.717, 1.165) is 47.0 Å². The average molecular weight is 555 g/mol. The number of benzene rings is 1. The van der Waals surface area contributed by atoms with E-state index in [1.165, 1.54) is 47.4 Å². The third-order valence-electron chi connectivity index (χ3n) is 7.66. The first-order chi connectivity index (χ1) is 19.4. The number of aromatic nitrogens is 3. The maximum absolute atomic E-state index is 13.0. The van der Waals surface area contributed by atoms with Gasteiger partial charge in [0.2, 0.25) is 0 Å². The number of aryl methyl sites for hydroxylation is 3. The van der Waals surface area contributed by atoms with Gasteiger partial charge in [-0.25, -0.2) is 0 Å². The fourth-order valence-electron chi connectivity index (χ4n) is 5.32. The van der Waals surface area contributed by atoms with Gasteiger partial charge < -0.3 is 20.1 Å². The molecule has 5 rings (SSSR count). The van der Waals surface area contributed by atoms with Crippen molar-refractivity contribution in [1.82, 2.24) is 14.8 Å². The summed E-state index contributed by atoms with van der Waals surface area (Å²) in [5, 5.41) is 15.4. The minimum Gasteiger partial charge on any atom is -0.356 e. The fourth-order valence-corrected chi connectivity index (χ4v) is 6.50. The molecule has 0 saturated heterocycles. The Morgan fingerprint density at radius 2 is 1.85 bits per heavy atom. The van der Waals surface area contributed by atoms with E-state index in [-0.39, 0.29) is 5.56 Å². The van der Waals surface area contributed by atoms with Gasteiger partial charge in [0.05, 0.1) is 4.88 Å². The summed E-state index contributed by atoms with van der Waals surface area (Å²) in [4.78, 5) is 17.9. The molecule has 1 aliphatic rings. The number of hydrogen-bond acceptors (Lipinski definition) is 7. The Morgan fingerprint density at radius 3 is 2.60 bits per heavy atom. The van der Waals surface area contributed by atoms with Gasteiger partial charge in [-0.2, -0.15) is 0 Å². The van der Waals surface area contributed by atoms with Gasteiger partial charge in [-0.1, -0.05) is 25.1 Å². The molecule has 1 aromatic carbocycles. The first-order valence-electron chi connectivity index (χ1n) is 14.1. The molecule has 0 radical (unpaired) electrons. The van der Waals surface area contributed by atoms with Gasteiger partial charge in [-0.05, 0) is 93.5 Å². The molecular weight excluding hydrogens is 516 g/mol. The van der Waals surface area contributed by atoms with Crippen molar-refractivity contribution in [3.05, 3.63) is 86.5 Å². The van der Waals surface area contributed by atoms with Gasteiger partial charge in [0.1, 0.15) is 5.69 Å². The van der Waals surface area contributed by atoms with Gasteiger partial charge >= 0.3 is 0 Å². The van der Waals surface area contributed by atoms with Crippen LogP contribution in [0.3, 0.4) is 0 Å². The molecule has 0 atom stereocenters. The Kier molecular flexibility index (Phi) is 8.35. The molecule has 8 heteroatoms. The van der Waals surface area contributed by atoms with Crippen molar-refractivity contribution in [3.63, 3.8) is 0 Å². The maximum atomic E-state index is 13.0. The van der Waals surface area contributed by atoms with E-state index in [1.54, 1.807) is 11.6 Å². The number of nitrogens with zero attached hydrogens (tertiary/aromatic N) is 4. The zero-order valence-electron chi connectivity index (χ0n) is 23.9. The zero-order chi connectivity index (χ0) is 28.2. The summed E-state index contributed by atoms with van der Waals surface area (Å²) in [5.41, 5.74) is 6.81. The SMILES string of the molecule is C=C(Nc1cccc(-c2cc(Nc3ccc(N(CC)CC)nn3)c(=O)n(C)c2)c1C)c1cc2c(s1)CCCCC2. The molecule has 2 N–H and O–H groups in total. The van der Waals surface area contributed by atoms with Crippen LogP contribution in [0.1, 0.15) is 54.0 Å². The van der Waals surface area contributed by atoms with Gasteiger partial charge in [0, 0.05) is 48.2 Å². The molecule has 0 spiro atoms. The molecule has 0 aliphatic heterocycles. The van der Waals surface area contributed by atoms with Gasteiger partial charge in [-0.15, -0.1) is 21.5 Å². The minimum absolute atomic E-state index is 0.129. The van der Waals surface area contributed by atoms with Gasteiger partial charge in [0.25, 0.3) is 5.56 Å². The van der Waals surface area contributed by atoms with Gasteiger partial charge in [-0.3, -0.25) is 4.79 Å². The second kappa shape index (κ2) is 12.1. The van der Waals surface area contributed by atoms with Crippen LogP contribution in [0.25, 0.3) is 16.8 Å². The second-order valence-electron chi connectivity index (χ2n) is 10.3. The van der Waals surface area contributed by atoms with Crippen LogP contribution in [0, 0.1) is 6.92 Å². The number of rotatable bonds is 9. The maximum Gasteiger partial charge on any atom is 0.274 e. The number of hydrogen-bond donors (Lipinski definition) is 2. The van der Waals surface area contributed by atoms with Crippen molar-refractivity contribution in [2.24, 2.45) is 7.05 Å². The molecule has 0 bridgehead atoms. The first-order valence-corrected chi connectivity index (χ1v) is 14.9. The Labute approximate surface area is 240 Å². The summed E-state index contributed by atoms with van der Waals surface area (Å²) in [6.07, 6.45) is 8.09. The lowest BCUT2D eigenvalue weighted by Gasteiger charge is -2.19. The molecule has 0 fully saturated rings. The summed E-state index contributed by atoms with van der Waals surface area (Å²) in [5.74, 6) is 1.35. The molecule has 0 unspecified atom stereocenters. The predicted molar refractivity (Wildman–Crippen MR) is 169 cm³/mol. The number of pyridine rings is 1. The van der Waals surface area contributed by atoms with Crippen molar-refractivity contribution in [2.45, 2.75) is 52.9 Å². The summed E-state index contributed by atoms with van der Waals surface area (Å²) in [6, 6.07) is 14.2. The lowest BCUT2D eigenvalue weighted by molar-refractivity contribution is 0.712. The highest BCUT2D eigenvalue weighted by Crippen LogP contribution is 2.35. The smallest absolute Gasteiger partial charge is 0.274 e. The standard InChI is InChI=1S/C32H38N6OS/c1-6-38(7-2)31-17-16-30(35-36-31)34-27-18-24(20-37(5)32(27)39)25-13-11-14-26(21(25)3)33-22(4)29-19-23-12-9-8-10-15-28(23)40-29/h11,13-14,16-20,33H,4,6-10,12,15H2,1-3,5H3,(H,34,35). The monoisotopic (exact) mass is 554 g/mol. The largest absolute Gasteiger partial charge is 0.356 e. The van der Waals surface area contributed by atoms with Crippen LogP contribution < -0.4 is 21.1 Å². The topological polar surface area (TPSA) is 75.1 Å². The van der Waals surface area contributed by atoms with Crippen molar-refractivity contribution in [3.8, 4) is 11.1 Å². The fraction of sp³-hybridized carbons (Fsp3) is 0.344. The predicted octanol–water partition coefficient (Wildman–Crippen LogP) is 7.15. The van der Waals surface area contributed by atoms with Crippen molar-refractivity contribution >= 4 is 40.0 Å². The molecule has 3 heterocycles. The van der Waals surface area contributed by atoms with E-state index in [0.29, 0.717) is 11.5 Å². The van der Waals surface area contributed by atoms with Gasteiger partial charge in [0.15, 0.2) is 11.6 Å². The average Bonchev–Trinajstić information content (AvgIpc) is 3.24. The van der Waals surface area contributed by atoms with Crippen LogP contribution in [0.15, 0.2) is 60.0 Å². The van der Waals surface area contributed by atoms with Crippen LogP contribution in [0.4, 0.5) is 23.0 Å². The highest BCUT2D eigenvalue weighted by Gasteiger charge is 2.16. The molecule has 0 amide bonds. The van der Waals surface area contributed by atoms with Crippen LogP contribution in [-0.4, -0.2) is 27.9 Å². The highest BCUT2D eigenvalue weighted by atomic mass is 32.1. The van der Waals surface area contributed by atoms with E-state index in [4.69, 9.17) is 0 Å². The number of nitrogens with one attached hydrogen (secondary N) is 2. The Hall–Kier alpha value is -3.91. The Morgan fingerprint density at radius 1 is 1.05 bits per heavy atom. The summed E-state index contributed by atoms with van der Waals surface area (Å²) < 4.78 is 1.60. The van der Waals surface area contributed by atoms with E-state index >= 15 is 0 Å². The summed E-state index contributed by atoms with van der Waals surface area (Å²) in [7, 11) is 1.77. The zero-order valence-corrected chi connectivity index (χ0v) is 24.7. The normalized spacial score (nSPS) is 12.9. The second-order valence-corrected chi connectivity index (χ2v) is 11.5. The van der Waals surface area contributed by atoms with Crippen molar-refractivity contribution < 1.29 is 0 Å². The molecular formula is C32H38N6OS. The third-order valence-corrected chi connectivity index (χ3v) is 8.96. The highest BCUT2D eigenvalue weighted by molar-refractivity contribution is 7.13. The van der Waals surface area contributed by atoms with E-state index in [2.05, 4.69) is 71.3 Å². The molecule has 0 saturated carbocycles. The van der Waals surface area contributed by atoms with Crippen molar-refractivity contribution in [1.29, 1.82) is 0 Å². The number of fused-ring (bicyclic) bond motifs is 1. The third kappa shape index (κ3) is 5.82. The molecule has 3 aromatic heterocycles. The molecule has 7 nitrogen and oxygen atoms in total. The lowest BCUT2D eigenvalue weighted by atomic mass is 10.00. The van der Waals surface area contributed by atoms with Crippen LogP contribution >= 0.6 is 11.3 Å². The van der Waals surface area contributed by atoms with Crippen molar-refractivity contribution in [2.75, 3.05) is 28.6 Å². The van der Waals surface area contributed by atoms with Crippen LogP contribution in [-0.2, 0) is 19.9 Å². The van der Waals surface area contributed by atoms with E-state index in [1.807, 2.05) is 41.8 Å². The minimum atomic E-state index is -0.129. The Balaban J connectivity index is 1.39. The molecule has 208 valence electrons. The number of thiophene rings is 1. The lowest BCUT2D eigenvalue weighted by Crippen LogP contribution is -2.23. The first kappa shape index (κ1) is 27.6.